The summed E-state index contributed by atoms with van der Waals surface area (Å²) in [6, 6.07) is 6.10. The van der Waals surface area contributed by atoms with Crippen molar-refractivity contribution >= 4 is 15.9 Å². The van der Waals surface area contributed by atoms with E-state index in [0.29, 0.717) is 32.3 Å². The van der Waals surface area contributed by atoms with Gasteiger partial charge in [-0.1, -0.05) is 26.0 Å². The highest BCUT2D eigenvalue weighted by Gasteiger charge is 2.08. The number of rotatable bonds is 11. The summed E-state index contributed by atoms with van der Waals surface area (Å²) in [5.74, 6) is 1.53. The molecule has 0 saturated heterocycles. The van der Waals surface area contributed by atoms with Crippen LogP contribution in [0.15, 0.2) is 22.7 Å². The highest BCUT2D eigenvalue weighted by Crippen LogP contribution is 2.29. The summed E-state index contributed by atoms with van der Waals surface area (Å²) < 4.78 is 17.2. The summed E-state index contributed by atoms with van der Waals surface area (Å²) in [5.41, 5.74) is 1.15. The molecule has 0 saturated carbocycles. The molecular formula is C16H26BrNO3. The molecule has 0 aliphatic heterocycles. The predicted octanol–water partition coefficient (Wildman–Crippen LogP) is 3.24. The molecule has 1 rings (SSSR count). The largest absolute Gasteiger partial charge is 0.490 e. The molecule has 0 fully saturated rings. The average molecular weight is 360 g/mol. The fourth-order valence-corrected chi connectivity index (χ4v) is 2.32. The lowest BCUT2D eigenvalue weighted by atomic mass is 10.2. The Morgan fingerprint density at radius 2 is 1.90 bits per heavy atom. The molecule has 0 amide bonds. The van der Waals surface area contributed by atoms with E-state index in [9.17, 15) is 0 Å². The van der Waals surface area contributed by atoms with Crippen LogP contribution in [0, 0.1) is 5.92 Å². The van der Waals surface area contributed by atoms with Gasteiger partial charge in [-0.05, 0) is 34.5 Å². The fraction of sp³-hybridized carbons (Fsp3) is 0.625. The molecule has 5 heteroatoms. The van der Waals surface area contributed by atoms with Gasteiger partial charge in [-0.3, -0.25) is 0 Å². The molecule has 0 heterocycles. The summed E-state index contributed by atoms with van der Waals surface area (Å²) in [6.45, 7) is 8.49. The van der Waals surface area contributed by atoms with Crippen LogP contribution in [0.5, 0.6) is 5.75 Å². The van der Waals surface area contributed by atoms with E-state index in [1.807, 2.05) is 12.1 Å². The number of ether oxygens (including phenoxy) is 3. The Kier molecular flexibility index (Phi) is 9.67. The molecule has 1 aromatic rings. The molecule has 120 valence electrons. The van der Waals surface area contributed by atoms with Crippen molar-refractivity contribution in [2.24, 2.45) is 5.92 Å². The Bertz CT molecular complexity index is 399. The van der Waals surface area contributed by atoms with E-state index in [1.54, 1.807) is 7.11 Å². The second-order valence-corrected chi connectivity index (χ2v) is 6.06. The van der Waals surface area contributed by atoms with Crippen LogP contribution in [0.3, 0.4) is 0 Å². The zero-order chi connectivity index (χ0) is 15.5. The second kappa shape index (κ2) is 11.0. The van der Waals surface area contributed by atoms with Crippen LogP contribution in [-0.2, 0) is 16.0 Å². The Balaban J connectivity index is 2.43. The third kappa shape index (κ3) is 7.81. The van der Waals surface area contributed by atoms with Crippen molar-refractivity contribution in [2.75, 3.05) is 40.1 Å². The van der Waals surface area contributed by atoms with Gasteiger partial charge >= 0.3 is 0 Å². The zero-order valence-electron chi connectivity index (χ0n) is 13.2. The van der Waals surface area contributed by atoms with Crippen molar-refractivity contribution in [1.82, 2.24) is 5.32 Å². The lowest BCUT2D eigenvalue weighted by Crippen LogP contribution is -2.20. The van der Waals surface area contributed by atoms with E-state index >= 15 is 0 Å². The molecule has 0 aliphatic carbocycles. The first-order valence-corrected chi connectivity index (χ1v) is 8.12. The monoisotopic (exact) mass is 359 g/mol. The first-order chi connectivity index (χ1) is 10.1. The van der Waals surface area contributed by atoms with Crippen LogP contribution >= 0.6 is 15.9 Å². The third-order valence-corrected chi connectivity index (χ3v) is 3.45. The first-order valence-electron chi connectivity index (χ1n) is 7.32. The van der Waals surface area contributed by atoms with E-state index in [2.05, 4.69) is 41.2 Å². The minimum absolute atomic E-state index is 0.531. The van der Waals surface area contributed by atoms with Crippen molar-refractivity contribution in [2.45, 2.75) is 20.4 Å². The minimum Gasteiger partial charge on any atom is -0.490 e. The molecule has 0 radical (unpaired) electrons. The molecule has 0 aliphatic rings. The molecule has 4 nitrogen and oxygen atoms in total. The van der Waals surface area contributed by atoms with Gasteiger partial charge in [0.1, 0.15) is 12.4 Å². The van der Waals surface area contributed by atoms with E-state index < -0.39 is 0 Å². The lowest BCUT2D eigenvalue weighted by Gasteiger charge is -2.15. The number of hydrogen-bond acceptors (Lipinski definition) is 4. The quantitative estimate of drug-likeness (QED) is 0.615. The summed E-state index contributed by atoms with van der Waals surface area (Å²) in [6.07, 6.45) is 0. The maximum atomic E-state index is 5.85. The van der Waals surface area contributed by atoms with Crippen molar-refractivity contribution in [3.63, 3.8) is 0 Å². The van der Waals surface area contributed by atoms with Crippen molar-refractivity contribution in [1.29, 1.82) is 0 Å². The van der Waals surface area contributed by atoms with Crippen molar-refractivity contribution in [3.8, 4) is 5.75 Å². The smallest absolute Gasteiger partial charge is 0.138 e. The van der Waals surface area contributed by atoms with Crippen LogP contribution in [0.25, 0.3) is 0 Å². The van der Waals surface area contributed by atoms with Gasteiger partial charge in [-0.25, -0.2) is 0 Å². The number of hydrogen-bond donors (Lipinski definition) is 1. The highest BCUT2D eigenvalue weighted by molar-refractivity contribution is 9.10. The maximum Gasteiger partial charge on any atom is 0.138 e. The fourth-order valence-electron chi connectivity index (χ4n) is 1.80. The van der Waals surface area contributed by atoms with Gasteiger partial charge in [0.25, 0.3) is 0 Å². The molecule has 0 spiro atoms. The van der Waals surface area contributed by atoms with Gasteiger partial charge < -0.3 is 19.5 Å². The molecule has 0 atom stereocenters. The maximum absolute atomic E-state index is 5.85. The van der Waals surface area contributed by atoms with Gasteiger partial charge in [0.2, 0.25) is 0 Å². The van der Waals surface area contributed by atoms with Gasteiger partial charge in [0.15, 0.2) is 0 Å². The van der Waals surface area contributed by atoms with Gasteiger partial charge in [0.05, 0.1) is 24.3 Å². The second-order valence-electron chi connectivity index (χ2n) is 5.21. The lowest BCUT2D eigenvalue weighted by molar-refractivity contribution is 0.0541. The Morgan fingerprint density at radius 1 is 1.14 bits per heavy atom. The van der Waals surface area contributed by atoms with Crippen LogP contribution in [0.1, 0.15) is 19.4 Å². The Hall–Kier alpha value is -0.620. The van der Waals surface area contributed by atoms with E-state index in [0.717, 1.165) is 28.9 Å². The first kappa shape index (κ1) is 18.4. The Morgan fingerprint density at radius 3 is 2.62 bits per heavy atom. The summed E-state index contributed by atoms with van der Waals surface area (Å²) in [5, 5.41) is 3.44. The molecular weight excluding hydrogens is 334 g/mol. The van der Waals surface area contributed by atoms with Crippen LogP contribution in [-0.4, -0.2) is 40.1 Å². The average Bonchev–Trinajstić information content (AvgIpc) is 2.44. The SMILES string of the molecule is COCCOCCOc1c(Br)cccc1CNCC(C)C. The van der Waals surface area contributed by atoms with Crippen LogP contribution in [0.2, 0.25) is 0 Å². The molecule has 1 aromatic carbocycles. The van der Waals surface area contributed by atoms with Gasteiger partial charge in [0, 0.05) is 19.2 Å². The molecule has 0 unspecified atom stereocenters. The molecule has 0 bridgehead atoms. The standard InChI is InChI=1S/C16H26BrNO3/c1-13(2)11-18-12-14-5-4-6-15(17)16(14)21-10-9-20-8-7-19-3/h4-6,13,18H,7-12H2,1-3H3. The number of halogens is 1. The highest BCUT2D eigenvalue weighted by atomic mass is 79.9. The number of methoxy groups -OCH3 is 1. The van der Waals surface area contributed by atoms with E-state index in [4.69, 9.17) is 14.2 Å². The predicted molar refractivity (Wildman–Crippen MR) is 88.9 cm³/mol. The number of para-hydroxylation sites is 1. The van der Waals surface area contributed by atoms with Crippen LogP contribution in [0.4, 0.5) is 0 Å². The van der Waals surface area contributed by atoms with Gasteiger partial charge in [-0.2, -0.15) is 0 Å². The topological polar surface area (TPSA) is 39.7 Å². The number of benzene rings is 1. The molecule has 21 heavy (non-hydrogen) atoms. The van der Waals surface area contributed by atoms with Crippen molar-refractivity contribution in [3.05, 3.63) is 28.2 Å². The van der Waals surface area contributed by atoms with Gasteiger partial charge in [-0.15, -0.1) is 0 Å². The summed E-state index contributed by atoms with van der Waals surface area (Å²) >= 11 is 3.55. The van der Waals surface area contributed by atoms with E-state index in [1.165, 1.54) is 0 Å². The van der Waals surface area contributed by atoms with E-state index in [-0.39, 0.29) is 0 Å². The Labute approximate surface area is 136 Å². The molecule has 0 aromatic heterocycles. The third-order valence-electron chi connectivity index (χ3n) is 2.82. The molecule has 1 N–H and O–H groups in total. The van der Waals surface area contributed by atoms with Crippen LogP contribution < -0.4 is 10.1 Å². The minimum atomic E-state index is 0.531. The normalized spacial score (nSPS) is 11.1. The summed E-state index contributed by atoms with van der Waals surface area (Å²) in [4.78, 5) is 0. The van der Waals surface area contributed by atoms with Crippen molar-refractivity contribution < 1.29 is 14.2 Å². The zero-order valence-corrected chi connectivity index (χ0v) is 14.7. The summed E-state index contributed by atoms with van der Waals surface area (Å²) in [7, 11) is 1.66. The number of nitrogens with one attached hydrogen (secondary N) is 1.